The zero-order valence-electron chi connectivity index (χ0n) is 10.8. The quantitative estimate of drug-likeness (QED) is 0.777. The van der Waals surface area contributed by atoms with Crippen LogP contribution in [-0.4, -0.2) is 24.1 Å². The van der Waals surface area contributed by atoms with Crippen LogP contribution < -0.4 is 9.71 Å². The summed E-state index contributed by atoms with van der Waals surface area (Å²) in [6.07, 6.45) is 4.54. The first kappa shape index (κ1) is 12.9. The molecule has 0 bridgehead atoms. The molecule has 3 rings (SSSR count). The molecule has 1 N–H and O–H groups in total. The van der Waals surface area contributed by atoms with Gasteiger partial charge in [-0.2, -0.15) is 0 Å². The van der Waals surface area contributed by atoms with Crippen molar-refractivity contribution in [2.24, 2.45) is 0 Å². The Hall–Kier alpha value is -2.12. The number of imidazole rings is 2. The summed E-state index contributed by atoms with van der Waals surface area (Å²) in [6, 6.07) is 9.84. The van der Waals surface area contributed by atoms with Crippen molar-refractivity contribution in [1.29, 1.82) is 0 Å². The van der Waals surface area contributed by atoms with Crippen LogP contribution in [0.1, 0.15) is 5.69 Å². The van der Waals surface area contributed by atoms with Crippen molar-refractivity contribution in [3.63, 3.8) is 0 Å². The molecule has 20 heavy (non-hydrogen) atoms. The normalized spacial score (nSPS) is 12.1. The fraction of sp³-hybridized carbons (Fsp3) is 0.154. The topological polar surface area (TPSA) is 77.6 Å². The molecule has 0 aliphatic heterocycles. The molecular weight excluding hydrogens is 276 g/mol. The van der Waals surface area contributed by atoms with Crippen molar-refractivity contribution in [1.82, 2.24) is 19.1 Å². The lowest BCUT2D eigenvalue weighted by atomic mass is 10.2. The maximum atomic E-state index is 11.1. The van der Waals surface area contributed by atoms with Crippen LogP contribution in [0.15, 0.2) is 42.9 Å². The van der Waals surface area contributed by atoms with E-state index in [1.165, 1.54) is 0 Å². The molecule has 6 nitrogen and oxygen atoms in total. The SMILES string of the molecule is CS(=O)(=O)NCc1ncn2c(-c3ccccc3)c[n-]c12. The molecule has 104 valence electrons. The second kappa shape index (κ2) is 4.77. The molecular formula is C13H13N4O2S-. The first-order chi connectivity index (χ1) is 9.54. The molecule has 2 aromatic heterocycles. The van der Waals surface area contributed by atoms with Crippen molar-refractivity contribution in [2.75, 3.05) is 6.26 Å². The summed E-state index contributed by atoms with van der Waals surface area (Å²) < 4.78 is 26.5. The molecule has 0 radical (unpaired) electrons. The van der Waals surface area contributed by atoms with Gasteiger partial charge in [0.2, 0.25) is 10.0 Å². The first-order valence-electron chi connectivity index (χ1n) is 6.02. The Balaban J connectivity index is 1.98. The van der Waals surface area contributed by atoms with Crippen LogP contribution in [0.3, 0.4) is 0 Å². The zero-order valence-corrected chi connectivity index (χ0v) is 11.6. The number of rotatable bonds is 4. The number of fused-ring (bicyclic) bond motifs is 1. The molecule has 0 aliphatic rings. The van der Waals surface area contributed by atoms with Crippen LogP contribution in [0.5, 0.6) is 0 Å². The van der Waals surface area contributed by atoms with E-state index in [1.54, 1.807) is 12.5 Å². The van der Waals surface area contributed by atoms with Gasteiger partial charge in [-0.3, -0.25) is 4.98 Å². The molecule has 0 aliphatic carbocycles. The highest BCUT2D eigenvalue weighted by molar-refractivity contribution is 7.88. The number of nitrogens with one attached hydrogen (secondary N) is 1. The third-order valence-electron chi connectivity index (χ3n) is 2.96. The zero-order chi connectivity index (χ0) is 14.2. The van der Waals surface area contributed by atoms with Crippen molar-refractivity contribution in [2.45, 2.75) is 6.54 Å². The molecule has 0 saturated carbocycles. The molecule has 3 aromatic rings. The molecule has 0 atom stereocenters. The number of sulfonamides is 1. The predicted octanol–water partition coefficient (Wildman–Crippen LogP) is 1.01. The minimum Gasteiger partial charge on any atom is -0.440 e. The smallest absolute Gasteiger partial charge is 0.209 e. The average Bonchev–Trinajstić information content (AvgIpc) is 2.98. The lowest BCUT2D eigenvalue weighted by Crippen LogP contribution is -2.21. The van der Waals surface area contributed by atoms with Gasteiger partial charge in [0.15, 0.2) is 0 Å². The number of benzene rings is 1. The minimum atomic E-state index is -3.24. The molecule has 0 fully saturated rings. The van der Waals surface area contributed by atoms with E-state index in [2.05, 4.69) is 14.7 Å². The van der Waals surface area contributed by atoms with Crippen LogP contribution in [0.2, 0.25) is 0 Å². The van der Waals surface area contributed by atoms with E-state index >= 15 is 0 Å². The Kier molecular flexibility index (Phi) is 3.07. The Morgan fingerprint density at radius 3 is 2.75 bits per heavy atom. The maximum Gasteiger partial charge on any atom is 0.209 e. The summed E-state index contributed by atoms with van der Waals surface area (Å²) in [7, 11) is -3.24. The van der Waals surface area contributed by atoms with Crippen LogP contribution in [0.4, 0.5) is 0 Å². The minimum absolute atomic E-state index is 0.139. The molecule has 2 heterocycles. The van der Waals surface area contributed by atoms with Gasteiger partial charge in [0.05, 0.1) is 18.5 Å². The maximum absolute atomic E-state index is 11.1. The van der Waals surface area contributed by atoms with Gasteiger partial charge in [-0.25, -0.2) is 13.1 Å². The lowest BCUT2D eigenvalue weighted by molar-refractivity contribution is 0.587. The molecule has 0 amide bonds. The highest BCUT2D eigenvalue weighted by Gasteiger charge is 2.06. The number of hydrogen-bond acceptors (Lipinski definition) is 3. The molecule has 0 spiro atoms. The van der Waals surface area contributed by atoms with E-state index in [1.807, 2.05) is 34.7 Å². The van der Waals surface area contributed by atoms with E-state index in [0.29, 0.717) is 11.3 Å². The van der Waals surface area contributed by atoms with Crippen LogP contribution in [0, 0.1) is 0 Å². The van der Waals surface area contributed by atoms with Crippen molar-refractivity contribution in [3.8, 4) is 11.3 Å². The number of hydrogen-bond donors (Lipinski definition) is 1. The largest absolute Gasteiger partial charge is 0.440 e. The van der Waals surface area contributed by atoms with Gasteiger partial charge in [-0.15, -0.1) is 0 Å². The summed E-state index contributed by atoms with van der Waals surface area (Å²) in [5, 5.41) is 0. The Morgan fingerprint density at radius 1 is 1.30 bits per heavy atom. The van der Waals surface area contributed by atoms with Gasteiger partial charge in [0.25, 0.3) is 0 Å². The lowest BCUT2D eigenvalue weighted by Gasteiger charge is -2.05. The average molecular weight is 289 g/mol. The highest BCUT2D eigenvalue weighted by atomic mass is 32.2. The van der Waals surface area contributed by atoms with Crippen molar-refractivity contribution >= 4 is 15.7 Å². The first-order valence-corrected chi connectivity index (χ1v) is 7.91. The van der Waals surface area contributed by atoms with Gasteiger partial charge in [0.1, 0.15) is 0 Å². The highest BCUT2D eigenvalue weighted by Crippen LogP contribution is 2.21. The Bertz CT molecular complexity index is 834. The standard InChI is InChI=1S/C13H13N4O2S/c1-20(18,19)16-7-11-13-14-8-12(17(13)9-15-11)10-5-3-2-4-6-10/h2-6,8-9,16H,7H2,1H3/q-1. The van der Waals surface area contributed by atoms with Gasteiger partial charge < -0.3 is 9.38 Å². The molecule has 0 saturated heterocycles. The van der Waals surface area contributed by atoms with Gasteiger partial charge in [-0.1, -0.05) is 36.5 Å². The van der Waals surface area contributed by atoms with E-state index in [-0.39, 0.29) is 6.54 Å². The number of nitrogens with zero attached hydrogens (tertiary/aromatic N) is 3. The predicted molar refractivity (Wildman–Crippen MR) is 75.6 cm³/mol. The molecule has 1 aromatic carbocycles. The Labute approximate surface area is 116 Å². The summed E-state index contributed by atoms with van der Waals surface area (Å²) >= 11 is 0. The molecule has 7 heteroatoms. The Morgan fingerprint density at radius 2 is 2.05 bits per heavy atom. The third-order valence-corrected chi connectivity index (χ3v) is 3.62. The van der Waals surface area contributed by atoms with Gasteiger partial charge in [-0.05, 0) is 16.9 Å². The van der Waals surface area contributed by atoms with Crippen LogP contribution in [0.25, 0.3) is 16.9 Å². The summed E-state index contributed by atoms with van der Waals surface area (Å²) in [6.45, 7) is 0.139. The summed E-state index contributed by atoms with van der Waals surface area (Å²) in [4.78, 5) is 8.54. The summed E-state index contributed by atoms with van der Waals surface area (Å²) in [5.74, 6) is 0. The van der Waals surface area contributed by atoms with E-state index in [4.69, 9.17) is 0 Å². The van der Waals surface area contributed by atoms with E-state index in [9.17, 15) is 8.42 Å². The fourth-order valence-corrected chi connectivity index (χ4v) is 2.42. The molecule has 0 unspecified atom stereocenters. The second-order valence-electron chi connectivity index (χ2n) is 4.49. The second-order valence-corrected chi connectivity index (χ2v) is 6.32. The van der Waals surface area contributed by atoms with Crippen molar-refractivity contribution < 1.29 is 8.42 Å². The number of aromatic nitrogens is 3. The monoisotopic (exact) mass is 289 g/mol. The van der Waals surface area contributed by atoms with Crippen LogP contribution in [-0.2, 0) is 16.6 Å². The van der Waals surface area contributed by atoms with E-state index < -0.39 is 10.0 Å². The summed E-state index contributed by atoms with van der Waals surface area (Å²) in [5.41, 5.74) is 3.24. The van der Waals surface area contributed by atoms with Gasteiger partial charge >= 0.3 is 0 Å². The third kappa shape index (κ3) is 2.45. The fourth-order valence-electron chi connectivity index (χ4n) is 2.02. The van der Waals surface area contributed by atoms with Crippen molar-refractivity contribution in [3.05, 3.63) is 48.5 Å². The van der Waals surface area contributed by atoms with Gasteiger partial charge in [0, 0.05) is 6.33 Å². The van der Waals surface area contributed by atoms with Crippen LogP contribution >= 0.6 is 0 Å². The van der Waals surface area contributed by atoms with E-state index in [0.717, 1.165) is 17.5 Å².